The minimum Gasteiger partial charge on any atom is -0.341 e. The maximum absolute atomic E-state index is 11.2. The van der Waals surface area contributed by atoms with Gasteiger partial charge in [0, 0.05) is 17.6 Å². The highest BCUT2D eigenvalue weighted by Gasteiger charge is 2.15. The molecule has 1 aliphatic heterocycles. The molecule has 0 bridgehead atoms. The predicted octanol–water partition coefficient (Wildman–Crippen LogP) is 1.48. The third-order valence-electron chi connectivity index (χ3n) is 2.10. The lowest BCUT2D eigenvalue weighted by molar-refractivity contribution is -0.113. The summed E-state index contributed by atoms with van der Waals surface area (Å²) in [5.41, 5.74) is 1.40. The summed E-state index contributed by atoms with van der Waals surface area (Å²) < 4.78 is 0. The van der Waals surface area contributed by atoms with Crippen LogP contribution in [0.1, 0.15) is 0 Å². The highest BCUT2D eigenvalue weighted by atomic mass is 32.2. The van der Waals surface area contributed by atoms with Gasteiger partial charge in [0.2, 0.25) is 5.91 Å². The lowest BCUT2D eigenvalue weighted by Gasteiger charge is -2.17. The van der Waals surface area contributed by atoms with Crippen molar-refractivity contribution in [3.05, 3.63) is 18.2 Å². The van der Waals surface area contributed by atoms with Gasteiger partial charge in [-0.3, -0.25) is 4.79 Å². The molecule has 2 rings (SSSR count). The maximum Gasteiger partial charge on any atom is 0.318 e. The summed E-state index contributed by atoms with van der Waals surface area (Å²) in [4.78, 5) is 23.3. The number of hydrogen-bond acceptors (Lipinski definition) is 3. The summed E-state index contributed by atoms with van der Waals surface area (Å²) in [7, 11) is 1.55. The van der Waals surface area contributed by atoms with Gasteiger partial charge in [-0.15, -0.1) is 11.8 Å². The Morgan fingerprint density at radius 3 is 3.06 bits per heavy atom. The van der Waals surface area contributed by atoms with Gasteiger partial charge in [-0.2, -0.15) is 0 Å². The monoisotopic (exact) mass is 237 g/mol. The number of rotatable bonds is 1. The van der Waals surface area contributed by atoms with Crippen molar-refractivity contribution in [2.45, 2.75) is 4.90 Å². The molecule has 1 aliphatic rings. The molecule has 1 aromatic rings. The van der Waals surface area contributed by atoms with Crippen LogP contribution in [0.2, 0.25) is 0 Å². The van der Waals surface area contributed by atoms with E-state index in [1.54, 1.807) is 19.2 Å². The van der Waals surface area contributed by atoms with Crippen molar-refractivity contribution in [3.63, 3.8) is 0 Å². The number of hydrogen-bond donors (Lipinski definition) is 3. The van der Waals surface area contributed by atoms with Crippen molar-refractivity contribution in [2.24, 2.45) is 0 Å². The summed E-state index contributed by atoms with van der Waals surface area (Å²) in [6, 6.07) is 5.15. The Kier molecular flexibility index (Phi) is 3.00. The number of fused-ring (bicyclic) bond motifs is 1. The first-order chi connectivity index (χ1) is 7.69. The van der Waals surface area contributed by atoms with Crippen LogP contribution in [0.25, 0.3) is 0 Å². The van der Waals surface area contributed by atoms with E-state index in [1.165, 1.54) is 11.8 Å². The van der Waals surface area contributed by atoms with E-state index in [0.29, 0.717) is 11.4 Å². The molecule has 0 radical (unpaired) electrons. The van der Waals surface area contributed by atoms with E-state index in [4.69, 9.17) is 0 Å². The van der Waals surface area contributed by atoms with Crippen molar-refractivity contribution in [1.82, 2.24) is 5.32 Å². The van der Waals surface area contributed by atoms with Gasteiger partial charge in [0.15, 0.2) is 0 Å². The van der Waals surface area contributed by atoms with Crippen LogP contribution < -0.4 is 16.0 Å². The van der Waals surface area contributed by atoms with Crippen LogP contribution in [0.3, 0.4) is 0 Å². The van der Waals surface area contributed by atoms with E-state index >= 15 is 0 Å². The van der Waals surface area contributed by atoms with Crippen LogP contribution in [0.15, 0.2) is 23.1 Å². The van der Waals surface area contributed by atoms with E-state index in [1.807, 2.05) is 6.07 Å². The van der Waals surface area contributed by atoms with Crippen LogP contribution in [-0.2, 0) is 4.79 Å². The summed E-state index contributed by atoms with van der Waals surface area (Å²) in [5.74, 6) is 0.421. The number of carbonyl (C=O) groups is 2. The van der Waals surface area contributed by atoms with Gasteiger partial charge in [0.05, 0.1) is 11.4 Å². The SMILES string of the molecule is CNC(=O)Nc1ccc2c(c1)NC(=O)CS2. The minimum atomic E-state index is -0.283. The Labute approximate surface area is 97.0 Å². The second kappa shape index (κ2) is 4.44. The third kappa shape index (κ3) is 2.27. The molecule has 1 heterocycles. The van der Waals surface area contributed by atoms with Crippen molar-refractivity contribution >= 4 is 35.1 Å². The third-order valence-corrected chi connectivity index (χ3v) is 3.17. The number of carbonyl (C=O) groups excluding carboxylic acids is 2. The summed E-state index contributed by atoms with van der Waals surface area (Å²) in [6.45, 7) is 0. The van der Waals surface area contributed by atoms with Crippen LogP contribution in [0.4, 0.5) is 16.2 Å². The van der Waals surface area contributed by atoms with Crippen molar-refractivity contribution < 1.29 is 9.59 Å². The van der Waals surface area contributed by atoms with Crippen LogP contribution in [-0.4, -0.2) is 24.7 Å². The van der Waals surface area contributed by atoms with E-state index in [9.17, 15) is 9.59 Å². The molecule has 0 fully saturated rings. The van der Waals surface area contributed by atoms with Gasteiger partial charge >= 0.3 is 6.03 Å². The molecule has 0 saturated carbocycles. The summed E-state index contributed by atoms with van der Waals surface area (Å²) in [5, 5.41) is 7.87. The first-order valence-corrected chi connectivity index (χ1v) is 5.73. The molecular formula is C10H11N3O2S. The molecule has 84 valence electrons. The quantitative estimate of drug-likeness (QED) is 0.693. The van der Waals surface area contributed by atoms with Crippen LogP contribution >= 0.6 is 11.8 Å². The second-order valence-corrected chi connectivity index (χ2v) is 4.27. The zero-order chi connectivity index (χ0) is 11.5. The number of anilines is 2. The zero-order valence-corrected chi connectivity index (χ0v) is 9.48. The Morgan fingerprint density at radius 2 is 2.31 bits per heavy atom. The fraction of sp³-hybridized carbons (Fsp3) is 0.200. The van der Waals surface area contributed by atoms with E-state index in [-0.39, 0.29) is 11.9 Å². The standard InChI is InChI=1S/C10H11N3O2S/c1-11-10(15)12-6-2-3-8-7(4-6)13-9(14)5-16-8/h2-4H,5H2,1H3,(H,13,14)(H2,11,12,15). The highest BCUT2D eigenvalue weighted by molar-refractivity contribution is 8.00. The molecule has 0 saturated heterocycles. The number of urea groups is 1. The first kappa shape index (κ1) is 10.8. The van der Waals surface area contributed by atoms with Gasteiger partial charge in [0.25, 0.3) is 0 Å². The molecule has 0 unspecified atom stereocenters. The molecule has 3 N–H and O–H groups in total. The first-order valence-electron chi connectivity index (χ1n) is 4.74. The number of nitrogens with one attached hydrogen (secondary N) is 3. The summed E-state index contributed by atoms with van der Waals surface area (Å²) >= 11 is 1.49. The minimum absolute atomic E-state index is 0.0189. The van der Waals surface area contributed by atoms with Crippen molar-refractivity contribution in [2.75, 3.05) is 23.4 Å². The molecule has 1 aromatic carbocycles. The fourth-order valence-corrected chi connectivity index (χ4v) is 2.14. The lowest BCUT2D eigenvalue weighted by Crippen LogP contribution is -2.25. The Bertz CT molecular complexity index is 448. The molecule has 0 aromatic heterocycles. The molecule has 16 heavy (non-hydrogen) atoms. The van der Waals surface area contributed by atoms with Gasteiger partial charge in [-0.05, 0) is 18.2 Å². The van der Waals surface area contributed by atoms with Gasteiger partial charge in [-0.1, -0.05) is 0 Å². The van der Waals surface area contributed by atoms with Crippen LogP contribution in [0.5, 0.6) is 0 Å². The Morgan fingerprint density at radius 1 is 1.50 bits per heavy atom. The normalized spacial score (nSPS) is 13.7. The average Bonchev–Trinajstić information content (AvgIpc) is 2.28. The molecule has 0 aliphatic carbocycles. The van der Waals surface area contributed by atoms with Crippen LogP contribution in [0, 0.1) is 0 Å². The van der Waals surface area contributed by atoms with Crippen molar-refractivity contribution in [3.8, 4) is 0 Å². The summed E-state index contributed by atoms with van der Waals surface area (Å²) in [6.07, 6.45) is 0. The van der Waals surface area contributed by atoms with E-state index in [2.05, 4.69) is 16.0 Å². The lowest BCUT2D eigenvalue weighted by atomic mass is 10.2. The smallest absolute Gasteiger partial charge is 0.318 e. The Hall–Kier alpha value is -1.69. The Balaban J connectivity index is 2.21. The molecular weight excluding hydrogens is 226 g/mol. The maximum atomic E-state index is 11.2. The molecule has 5 nitrogen and oxygen atoms in total. The topological polar surface area (TPSA) is 70.2 Å². The largest absolute Gasteiger partial charge is 0.341 e. The highest BCUT2D eigenvalue weighted by Crippen LogP contribution is 2.33. The molecule has 3 amide bonds. The van der Waals surface area contributed by atoms with Crippen molar-refractivity contribution in [1.29, 1.82) is 0 Å². The zero-order valence-electron chi connectivity index (χ0n) is 8.66. The average molecular weight is 237 g/mol. The number of benzene rings is 1. The van der Waals surface area contributed by atoms with Gasteiger partial charge < -0.3 is 16.0 Å². The fourth-order valence-electron chi connectivity index (χ4n) is 1.35. The predicted molar refractivity (Wildman–Crippen MR) is 63.9 cm³/mol. The number of amides is 3. The van der Waals surface area contributed by atoms with E-state index < -0.39 is 0 Å². The number of thioether (sulfide) groups is 1. The van der Waals surface area contributed by atoms with Gasteiger partial charge in [0.1, 0.15) is 0 Å². The molecule has 6 heteroatoms. The molecule has 0 atom stereocenters. The molecule has 0 spiro atoms. The van der Waals surface area contributed by atoms with E-state index in [0.717, 1.165) is 10.6 Å². The van der Waals surface area contributed by atoms with Gasteiger partial charge in [-0.25, -0.2) is 4.79 Å². The second-order valence-electron chi connectivity index (χ2n) is 3.25.